The van der Waals surface area contributed by atoms with Crippen LogP contribution in [0.5, 0.6) is 11.6 Å². The summed E-state index contributed by atoms with van der Waals surface area (Å²) in [5.41, 5.74) is 0.902. The second-order valence-electron chi connectivity index (χ2n) is 5.60. The molecule has 0 amide bonds. The van der Waals surface area contributed by atoms with E-state index in [4.69, 9.17) is 9.47 Å². The van der Waals surface area contributed by atoms with Crippen molar-refractivity contribution in [3.63, 3.8) is 0 Å². The van der Waals surface area contributed by atoms with E-state index in [0.29, 0.717) is 29.4 Å². The number of ether oxygens (including phenoxy) is 2. The largest absolute Gasteiger partial charge is 0.497 e. The molecule has 0 aliphatic carbocycles. The van der Waals surface area contributed by atoms with E-state index in [0.717, 1.165) is 10.8 Å². The Morgan fingerprint density at radius 1 is 1.00 bits per heavy atom. The van der Waals surface area contributed by atoms with E-state index in [1.165, 1.54) is 4.52 Å². The molecule has 2 aromatic carbocycles. The van der Waals surface area contributed by atoms with Crippen molar-refractivity contribution in [2.24, 2.45) is 0 Å². The van der Waals surface area contributed by atoms with Crippen molar-refractivity contribution in [1.82, 2.24) is 19.8 Å². The first-order chi connectivity index (χ1) is 12.7. The molecule has 0 spiro atoms. The summed E-state index contributed by atoms with van der Waals surface area (Å²) in [7, 11) is 1.59. The Morgan fingerprint density at radius 2 is 1.73 bits per heavy atom. The van der Waals surface area contributed by atoms with Crippen LogP contribution in [-0.4, -0.2) is 33.5 Å². The lowest BCUT2D eigenvalue weighted by Gasteiger charge is -2.10. The van der Waals surface area contributed by atoms with Gasteiger partial charge in [0.1, 0.15) is 5.75 Å². The number of aromatic nitrogens is 4. The Morgan fingerprint density at radius 3 is 2.42 bits per heavy atom. The van der Waals surface area contributed by atoms with E-state index in [1.54, 1.807) is 31.4 Å². The van der Waals surface area contributed by atoms with Crippen molar-refractivity contribution in [1.29, 1.82) is 0 Å². The van der Waals surface area contributed by atoms with Crippen LogP contribution in [0.4, 0.5) is 0 Å². The maximum absolute atomic E-state index is 13.0. The predicted molar refractivity (Wildman–Crippen MR) is 97.7 cm³/mol. The molecule has 7 heteroatoms. The van der Waals surface area contributed by atoms with Gasteiger partial charge >= 0.3 is 5.56 Å². The van der Waals surface area contributed by atoms with Crippen LogP contribution in [0.15, 0.2) is 53.3 Å². The van der Waals surface area contributed by atoms with Crippen molar-refractivity contribution in [2.75, 3.05) is 13.7 Å². The normalized spacial score (nSPS) is 11.0. The minimum absolute atomic E-state index is 0.218. The third-order valence-electron chi connectivity index (χ3n) is 4.07. The summed E-state index contributed by atoms with van der Waals surface area (Å²) in [5, 5.41) is 14.3. The highest BCUT2D eigenvalue weighted by Crippen LogP contribution is 2.25. The molecule has 2 aromatic heterocycles. The van der Waals surface area contributed by atoms with Crippen LogP contribution < -0.4 is 15.0 Å². The van der Waals surface area contributed by atoms with Crippen molar-refractivity contribution in [3.05, 3.63) is 58.9 Å². The zero-order valence-corrected chi connectivity index (χ0v) is 14.3. The van der Waals surface area contributed by atoms with Gasteiger partial charge in [-0.05, 0) is 37.3 Å². The summed E-state index contributed by atoms with van der Waals surface area (Å²) in [6.45, 7) is 2.32. The number of nitrogens with zero attached hydrogens (tertiary/aromatic N) is 4. The van der Waals surface area contributed by atoms with E-state index < -0.39 is 0 Å². The molecule has 0 atom stereocenters. The predicted octanol–water partition coefficient (Wildman–Crippen LogP) is 2.71. The van der Waals surface area contributed by atoms with Crippen LogP contribution in [0.3, 0.4) is 0 Å². The molecule has 0 radical (unpaired) electrons. The molecule has 0 bridgehead atoms. The molecule has 0 fully saturated rings. The van der Waals surface area contributed by atoms with Gasteiger partial charge in [0.2, 0.25) is 5.88 Å². The lowest BCUT2D eigenvalue weighted by atomic mass is 10.1. The Kier molecular flexibility index (Phi) is 3.96. The zero-order chi connectivity index (χ0) is 18.1. The number of methoxy groups -OCH3 is 1. The third-order valence-corrected chi connectivity index (χ3v) is 4.07. The van der Waals surface area contributed by atoms with Crippen molar-refractivity contribution in [2.45, 2.75) is 6.92 Å². The molecule has 4 aromatic rings. The molecule has 2 heterocycles. The van der Waals surface area contributed by atoms with Gasteiger partial charge in [0.25, 0.3) is 0 Å². The van der Waals surface area contributed by atoms with Gasteiger partial charge in [-0.1, -0.05) is 18.2 Å². The highest BCUT2D eigenvalue weighted by molar-refractivity contribution is 5.96. The standard InChI is InChI=1S/C19H16N4O3/c1-3-26-18-15-7-5-4-6-14(15)17-21-20-16(19(24)23(17)22-18)12-8-10-13(25-2)11-9-12/h4-11H,3H2,1-2H3. The molecular weight excluding hydrogens is 332 g/mol. The molecular formula is C19H16N4O3. The first kappa shape index (κ1) is 16.0. The molecule has 0 saturated carbocycles. The monoisotopic (exact) mass is 348 g/mol. The van der Waals surface area contributed by atoms with E-state index in [2.05, 4.69) is 15.3 Å². The highest BCUT2D eigenvalue weighted by Gasteiger charge is 2.15. The summed E-state index contributed by atoms with van der Waals surface area (Å²) in [6.07, 6.45) is 0. The zero-order valence-electron chi connectivity index (χ0n) is 14.3. The lowest BCUT2D eigenvalue weighted by Crippen LogP contribution is -2.22. The minimum Gasteiger partial charge on any atom is -0.497 e. The fourth-order valence-corrected chi connectivity index (χ4v) is 2.82. The summed E-state index contributed by atoms with van der Waals surface area (Å²) in [4.78, 5) is 13.0. The minimum atomic E-state index is -0.355. The molecule has 0 unspecified atom stereocenters. The first-order valence-corrected chi connectivity index (χ1v) is 8.18. The summed E-state index contributed by atoms with van der Waals surface area (Å²) in [5.74, 6) is 1.09. The Bertz CT molecular complexity index is 1150. The van der Waals surface area contributed by atoms with Crippen LogP contribution in [0.25, 0.3) is 27.7 Å². The third kappa shape index (κ3) is 2.54. The fraction of sp³-hybridized carbons (Fsp3) is 0.158. The Balaban J connectivity index is 2.00. The number of rotatable bonds is 4. The molecule has 7 nitrogen and oxygen atoms in total. The molecule has 0 aliphatic heterocycles. The van der Waals surface area contributed by atoms with Gasteiger partial charge in [-0.2, -0.15) is 4.52 Å². The van der Waals surface area contributed by atoms with Crippen LogP contribution in [0.2, 0.25) is 0 Å². The van der Waals surface area contributed by atoms with Gasteiger partial charge in [-0.3, -0.25) is 4.79 Å². The van der Waals surface area contributed by atoms with Crippen LogP contribution >= 0.6 is 0 Å². The lowest BCUT2D eigenvalue weighted by molar-refractivity contribution is 0.325. The maximum atomic E-state index is 13.0. The Labute approximate surface area is 148 Å². The van der Waals surface area contributed by atoms with Crippen LogP contribution in [0, 0.1) is 0 Å². The van der Waals surface area contributed by atoms with Crippen LogP contribution in [0.1, 0.15) is 6.92 Å². The van der Waals surface area contributed by atoms with Gasteiger partial charge in [0.05, 0.1) is 13.7 Å². The molecule has 0 N–H and O–H groups in total. The SMILES string of the molecule is CCOc1nn2c(=O)c(-c3ccc(OC)cc3)nnc2c2ccccc12. The number of hydrogen-bond donors (Lipinski definition) is 0. The summed E-state index contributed by atoms with van der Waals surface area (Å²) >= 11 is 0. The van der Waals surface area contributed by atoms with Crippen molar-refractivity contribution < 1.29 is 9.47 Å². The van der Waals surface area contributed by atoms with Gasteiger partial charge in [-0.25, -0.2) is 0 Å². The van der Waals surface area contributed by atoms with E-state index in [9.17, 15) is 4.79 Å². The molecule has 4 rings (SSSR count). The van der Waals surface area contributed by atoms with Crippen molar-refractivity contribution >= 4 is 16.4 Å². The van der Waals surface area contributed by atoms with E-state index in [1.807, 2.05) is 31.2 Å². The van der Waals surface area contributed by atoms with E-state index >= 15 is 0 Å². The molecule has 130 valence electrons. The number of fused-ring (bicyclic) bond motifs is 3. The van der Waals surface area contributed by atoms with Gasteiger partial charge in [0.15, 0.2) is 11.3 Å². The highest BCUT2D eigenvalue weighted by atomic mass is 16.5. The van der Waals surface area contributed by atoms with Gasteiger partial charge < -0.3 is 9.47 Å². The van der Waals surface area contributed by atoms with Crippen LogP contribution in [-0.2, 0) is 0 Å². The number of benzene rings is 2. The van der Waals surface area contributed by atoms with Crippen molar-refractivity contribution in [3.8, 4) is 22.9 Å². The molecule has 0 saturated heterocycles. The molecule has 26 heavy (non-hydrogen) atoms. The second-order valence-corrected chi connectivity index (χ2v) is 5.60. The second kappa shape index (κ2) is 6.44. The summed E-state index contributed by atoms with van der Waals surface area (Å²) < 4.78 is 12.0. The van der Waals surface area contributed by atoms with Gasteiger partial charge in [0, 0.05) is 16.3 Å². The number of hydrogen-bond acceptors (Lipinski definition) is 6. The van der Waals surface area contributed by atoms with E-state index in [-0.39, 0.29) is 11.3 Å². The smallest absolute Gasteiger partial charge is 0.301 e. The molecule has 0 aliphatic rings. The fourth-order valence-electron chi connectivity index (χ4n) is 2.82. The topological polar surface area (TPSA) is 78.6 Å². The maximum Gasteiger partial charge on any atom is 0.301 e. The van der Waals surface area contributed by atoms with Gasteiger partial charge in [-0.15, -0.1) is 15.3 Å². The summed E-state index contributed by atoms with van der Waals surface area (Å²) in [6, 6.07) is 14.6. The first-order valence-electron chi connectivity index (χ1n) is 8.18. The Hall–Kier alpha value is -3.48. The average Bonchev–Trinajstić information content (AvgIpc) is 2.69. The quantitative estimate of drug-likeness (QED) is 0.528. The average molecular weight is 348 g/mol.